The van der Waals surface area contributed by atoms with E-state index in [1.807, 2.05) is 36.4 Å². The summed E-state index contributed by atoms with van der Waals surface area (Å²) in [5, 5.41) is 8.67. The number of unbranched alkanes of at least 4 members (excludes halogenated alkanes) is 6. The Morgan fingerprint density at radius 3 is 2.41 bits per heavy atom. The predicted octanol–water partition coefficient (Wildman–Crippen LogP) is 6.26. The zero-order chi connectivity index (χ0) is 26.3. The van der Waals surface area contributed by atoms with Gasteiger partial charge in [-0.05, 0) is 41.0 Å². The number of fused-ring (bicyclic) bond motifs is 1. The number of hydrazone groups is 1. The van der Waals surface area contributed by atoms with E-state index in [0.717, 1.165) is 35.6 Å². The molecule has 2 N–H and O–H groups in total. The molecule has 0 atom stereocenters. The summed E-state index contributed by atoms with van der Waals surface area (Å²) in [5.74, 6) is -0.243. The van der Waals surface area contributed by atoms with E-state index in [1.54, 1.807) is 18.3 Å². The third-order valence-corrected chi connectivity index (χ3v) is 6.07. The van der Waals surface area contributed by atoms with Crippen molar-refractivity contribution in [2.24, 2.45) is 5.10 Å². The fourth-order valence-corrected chi connectivity index (χ4v) is 3.99. The molecule has 0 aromatic heterocycles. The number of nitrogens with zero attached hydrogens (tertiary/aromatic N) is 1. The zero-order valence-corrected chi connectivity index (χ0v) is 21.5. The SMILES string of the molecule is CCCCCCCCCC(=O)NCC(=O)NN=Cc1c(OCc2ccc(F)cc2)ccc2ccccc12. The Bertz CT molecular complexity index is 1180. The maximum absolute atomic E-state index is 13.2. The van der Waals surface area contributed by atoms with Gasteiger partial charge in [-0.1, -0.05) is 87.9 Å². The first-order chi connectivity index (χ1) is 18.1. The molecule has 0 aliphatic carbocycles. The molecule has 0 aliphatic heterocycles. The molecule has 6 nitrogen and oxygen atoms in total. The van der Waals surface area contributed by atoms with Crippen molar-refractivity contribution in [3.8, 4) is 5.75 Å². The van der Waals surface area contributed by atoms with Gasteiger partial charge in [-0.15, -0.1) is 0 Å². The van der Waals surface area contributed by atoms with E-state index in [1.165, 1.54) is 37.8 Å². The molecule has 0 heterocycles. The van der Waals surface area contributed by atoms with Crippen molar-refractivity contribution in [1.29, 1.82) is 0 Å². The Kier molecular flexibility index (Phi) is 11.6. The monoisotopic (exact) mass is 505 g/mol. The molecule has 0 fully saturated rings. The van der Waals surface area contributed by atoms with Gasteiger partial charge in [0, 0.05) is 12.0 Å². The Balaban J connectivity index is 1.50. The van der Waals surface area contributed by atoms with Gasteiger partial charge in [0.05, 0.1) is 12.8 Å². The summed E-state index contributed by atoms with van der Waals surface area (Å²) in [6.07, 6.45) is 9.94. The van der Waals surface area contributed by atoms with Crippen molar-refractivity contribution < 1.29 is 18.7 Å². The Morgan fingerprint density at radius 1 is 0.892 bits per heavy atom. The molecular weight excluding hydrogens is 469 g/mol. The fraction of sp³-hybridized carbons (Fsp3) is 0.367. The minimum atomic E-state index is -0.404. The van der Waals surface area contributed by atoms with Gasteiger partial charge in [0.15, 0.2) is 0 Å². The number of hydrogen-bond donors (Lipinski definition) is 2. The topological polar surface area (TPSA) is 79.8 Å². The minimum absolute atomic E-state index is 0.127. The summed E-state index contributed by atoms with van der Waals surface area (Å²) < 4.78 is 19.2. The predicted molar refractivity (Wildman–Crippen MR) is 146 cm³/mol. The van der Waals surface area contributed by atoms with Crippen molar-refractivity contribution in [2.45, 2.75) is 64.9 Å². The van der Waals surface area contributed by atoms with Gasteiger partial charge in [0.1, 0.15) is 18.2 Å². The molecule has 0 saturated carbocycles. The van der Waals surface area contributed by atoms with Crippen molar-refractivity contribution in [2.75, 3.05) is 6.54 Å². The van der Waals surface area contributed by atoms with Gasteiger partial charge in [0.2, 0.25) is 5.91 Å². The van der Waals surface area contributed by atoms with Crippen molar-refractivity contribution in [3.05, 3.63) is 77.6 Å². The highest BCUT2D eigenvalue weighted by Crippen LogP contribution is 2.27. The number of amides is 2. The molecule has 0 unspecified atom stereocenters. The number of halogens is 1. The third kappa shape index (κ3) is 9.67. The number of carbonyl (C=O) groups excluding carboxylic acids is 2. The van der Waals surface area contributed by atoms with Gasteiger partial charge in [0.25, 0.3) is 5.91 Å². The Hall–Kier alpha value is -3.74. The second kappa shape index (κ2) is 15.4. The first kappa shape index (κ1) is 27.8. The molecule has 196 valence electrons. The minimum Gasteiger partial charge on any atom is -0.488 e. The highest BCUT2D eigenvalue weighted by atomic mass is 19.1. The number of nitrogens with one attached hydrogen (secondary N) is 2. The molecule has 3 aromatic rings. The summed E-state index contributed by atoms with van der Waals surface area (Å²) in [7, 11) is 0. The lowest BCUT2D eigenvalue weighted by molar-refractivity contribution is -0.126. The standard InChI is InChI=1S/C30H36FN3O3/c1-2-3-4-5-6-7-8-13-29(35)32-21-30(36)34-33-20-27-26-12-10-9-11-24(26)16-19-28(27)37-22-23-14-17-25(31)18-15-23/h9-12,14-20H,2-8,13,21-22H2,1H3,(H,32,35)(H,34,36). The molecule has 7 heteroatoms. The van der Waals surface area contributed by atoms with Crippen LogP contribution in [0.2, 0.25) is 0 Å². The van der Waals surface area contributed by atoms with Gasteiger partial charge in [-0.2, -0.15) is 5.10 Å². The van der Waals surface area contributed by atoms with Crippen LogP contribution < -0.4 is 15.5 Å². The summed E-state index contributed by atoms with van der Waals surface area (Å²) in [6.45, 7) is 2.33. The van der Waals surface area contributed by atoms with Crippen LogP contribution in [-0.4, -0.2) is 24.6 Å². The number of rotatable bonds is 15. The normalized spacial score (nSPS) is 11.1. The van der Waals surface area contributed by atoms with Crippen LogP contribution >= 0.6 is 0 Å². The number of carbonyl (C=O) groups is 2. The Labute approximate surface area is 218 Å². The van der Waals surface area contributed by atoms with Crippen molar-refractivity contribution in [1.82, 2.24) is 10.7 Å². The lowest BCUT2D eigenvalue weighted by Crippen LogP contribution is -2.34. The second-order valence-corrected chi connectivity index (χ2v) is 9.05. The van der Waals surface area contributed by atoms with Crippen LogP contribution in [0.25, 0.3) is 10.8 Å². The van der Waals surface area contributed by atoms with Crippen LogP contribution in [0.1, 0.15) is 69.4 Å². The van der Waals surface area contributed by atoms with E-state index >= 15 is 0 Å². The first-order valence-corrected chi connectivity index (χ1v) is 13.0. The highest BCUT2D eigenvalue weighted by molar-refractivity contribution is 6.02. The van der Waals surface area contributed by atoms with Crippen LogP contribution in [0, 0.1) is 5.82 Å². The van der Waals surface area contributed by atoms with Crippen LogP contribution in [-0.2, 0) is 16.2 Å². The van der Waals surface area contributed by atoms with Crippen LogP contribution in [0.3, 0.4) is 0 Å². The molecule has 0 bridgehead atoms. The molecule has 2 amide bonds. The van der Waals surface area contributed by atoms with Crippen LogP contribution in [0.15, 0.2) is 65.8 Å². The summed E-state index contributed by atoms with van der Waals surface area (Å²) in [6, 6.07) is 17.7. The quantitative estimate of drug-likeness (QED) is 0.145. The van der Waals surface area contributed by atoms with Crippen molar-refractivity contribution in [3.63, 3.8) is 0 Å². The molecule has 0 spiro atoms. The smallest absolute Gasteiger partial charge is 0.259 e. The van der Waals surface area contributed by atoms with E-state index in [0.29, 0.717) is 17.7 Å². The van der Waals surface area contributed by atoms with Gasteiger partial charge < -0.3 is 10.1 Å². The number of hydrogen-bond acceptors (Lipinski definition) is 4. The second-order valence-electron chi connectivity index (χ2n) is 9.05. The van der Waals surface area contributed by atoms with Gasteiger partial charge >= 0.3 is 0 Å². The summed E-state index contributed by atoms with van der Waals surface area (Å²) >= 11 is 0. The molecule has 0 aliphatic rings. The van der Waals surface area contributed by atoms with Gasteiger partial charge in [-0.3, -0.25) is 9.59 Å². The summed E-state index contributed by atoms with van der Waals surface area (Å²) in [5.41, 5.74) is 4.02. The average molecular weight is 506 g/mol. The molecule has 0 saturated heterocycles. The van der Waals surface area contributed by atoms with Crippen molar-refractivity contribution >= 4 is 28.8 Å². The number of benzene rings is 3. The first-order valence-electron chi connectivity index (χ1n) is 13.0. The van der Waals surface area contributed by atoms with E-state index in [4.69, 9.17) is 4.74 Å². The van der Waals surface area contributed by atoms with E-state index < -0.39 is 5.91 Å². The van der Waals surface area contributed by atoms with Crippen LogP contribution in [0.5, 0.6) is 5.75 Å². The third-order valence-electron chi connectivity index (χ3n) is 6.07. The van der Waals surface area contributed by atoms with E-state index in [9.17, 15) is 14.0 Å². The average Bonchev–Trinajstić information content (AvgIpc) is 2.91. The van der Waals surface area contributed by atoms with Gasteiger partial charge in [-0.25, -0.2) is 9.82 Å². The lowest BCUT2D eigenvalue weighted by atomic mass is 10.0. The number of ether oxygens (including phenoxy) is 1. The molecule has 3 aromatic carbocycles. The maximum atomic E-state index is 13.2. The molecular formula is C30H36FN3O3. The molecule has 3 rings (SSSR count). The van der Waals surface area contributed by atoms with Crippen LogP contribution in [0.4, 0.5) is 4.39 Å². The molecule has 0 radical (unpaired) electrons. The molecule has 37 heavy (non-hydrogen) atoms. The zero-order valence-electron chi connectivity index (χ0n) is 21.5. The Morgan fingerprint density at radius 2 is 1.62 bits per heavy atom. The maximum Gasteiger partial charge on any atom is 0.259 e. The lowest BCUT2D eigenvalue weighted by Gasteiger charge is -2.12. The summed E-state index contributed by atoms with van der Waals surface area (Å²) in [4.78, 5) is 24.2. The largest absolute Gasteiger partial charge is 0.488 e. The van der Waals surface area contributed by atoms with E-state index in [2.05, 4.69) is 22.8 Å². The highest BCUT2D eigenvalue weighted by Gasteiger charge is 2.09. The fourth-order valence-electron chi connectivity index (χ4n) is 3.99. The van der Waals surface area contributed by atoms with E-state index in [-0.39, 0.29) is 24.9 Å².